The number of aryl methyl sites for hydroxylation is 2. The van der Waals surface area contributed by atoms with Crippen LogP contribution in [0.25, 0.3) is 0 Å². The third-order valence-electron chi connectivity index (χ3n) is 3.60. The molecular formula is C13H19BrN6. The molecule has 1 N–H and O–H groups in total. The smallest absolute Gasteiger partial charge is 0.0964 e. The molecule has 0 amide bonds. The van der Waals surface area contributed by atoms with Gasteiger partial charge in [-0.1, -0.05) is 5.21 Å². The molecule has 0 saturated heterocycles. The molecule has 0 unspecified atom stereocenters. The zero-order chi connectivity index (χ0) is 14.1. The summed E-state index contributed by atoms with van der Waals surface area (Å²) in [4.78, 5) is 0. The molecule has 108 valence electrons. The normalized spacial score (nSPS) is 14.9. The van der Waals surface area contributed by atoms with Crippen molar-refractivity contribution in [1.29, 1.82) is 0 Å². The van der Waals surface area contributed by atoms with E-state index in [1.165, 1.54) is 12.8 Å². The van der Waals surface area contributed by atoms with E-state index in [4.69, 9.17) is 0 Å². The first kappa shape index (κ1) is 13.8. The van der Waals surface area contributed by atoms with E-state index in [0.717, 1.165) is 40.6 Å². The molecule has 6 nitrogen and oxygen atoms in total. The molecule has 2 aromatic rings. The second kappa shape index (κ2) is 5.65. The highest BCUT2D eigenvalue weighted by molar-refractivity contribution is 9.10. The van der Waals surface area contributed by atoms with Crippen molar-refractivity contribution in [2.45, 2.75) is 32.9 Å². The van der Waals surface area contributed by atoms with Crippen LogP contribution >= 0.6 is 15.9 Å². The Kier molecular flexibility index (Phi) is 3.89. The molecule has 0 radical (unpaired) electrons. The molecule has 0 atom stereocenters. The molecule has 2 aromatic heterocycles. The first-order chi connectivity index (χ1) is 9.63. The zero-order valence-electron chi connectivity index (χ0n) is 11.8. The standard InChI is InChI=1S/C13H19BrN6/c1-9-13(14)12(19(2)17-9)8-20-7-11(16-18-20)6-15-5-10-3-4-10/h7,10,15H,3-6,8H2,1-2H3. The Morgan fingerprint density at radius 2 is 2.25 bits per heavy atom. The zero-order valence-corrected chi connectivity index (χ0v) is 13.4. The molecule has 3 rings (SSSR count). The number of nitrogens with zero attached hydrogens (tertiary/aromatic N) is 5. The van der Waals surface area contributed by atoms with E-state index in [-0.39, 0.29) is 0 Å². The second-order valence-corrected chi connectivity index (χ2v) is 6.24. The Balaban J connectivity index is 1.61. The van der Waals surface area contributed by atoms with Crippen molar-refractivity contribution < 1.29 is 0 Å². The predicted molar refractivity (Wildman–Crippen MR) is 79.2 cm³/mol. The topological polar surface area (TPSA) is 60.6 Å². The van der Waals surface area contributed by atoms with Gasteiger partial charge in [0, 0.05) is 13.6 Å². The monoisotopic (exact) mass is 338 g/mol. The molecular weight excluding hydrogens is 320 g/mol. The Bertz CT molecular complexity index is 598. The quantitative estimate of drug-likeness (QED) is 0.869. The molecule has 0 aromatic carbocycles. The van der Waals surface area contributed by atoms with Gasteiger partial charge in [-0.3, -0.25) is 4.68 Å². The van der Waals surface area contributed by atoms with Crippen molar-refractivity contribution in [3.63, 3.8) is 0 Å². The number of rotatable bonds is 6. The number of hydrogen-bond acceptors (Lipinski definition) is 4. The van der Waals surface area contributed by atoms with Gasteiger partial charge in [0.15, 0.2) is 0 Å². The van der Waals surface area contributed by atoms with Gasteiger partial charge in [0.1, 0.15) is 0 Å². The highest BCUT2D eigenvalue weighted by atomic mass is 79.9. The van der Waals surface area contributed by atoms with Crippen LogP contribution in [0.3, 0.4) is 0 Å². The number of hydrogen-bond donors (Lipinski definition) is 1. The highest BCUT2D eigenvalue weighted by Gasteiger charge is 2.20. The van der Waals surface area contributed by atoms with Gasteiger partial charge in [-0.2, -0.15) is 5.10 Å². The van der Waals surface area contributed by atoms with Crippen molar-refractivity contribution in [1.82, 2.24) is 30.1 Å². The number of nitrogens with one attached hydrogen (secondary N) is 1. The van der Waals surface area contributed by atoms with Gasteiger partial charge in [0.05, 0.1) is 34.3 Å². The van der Waals surface area contributed by atoms with Gasteiger partial charge in [0.2, 0.25) is 0 Å². The summed E-state index contributed by atoms with van der Waals surface area (Å²) in [7, 11) is 1.95. The van der Waals surface area contributed by atoms with Gasteiger partial charge < -0.3 is 5.32 Å². The number of halogens is 1. The van der Waals surface area contributed by atoms with E-state index in [9.17, 15) is 0 Å². The lowest BCUT2D eigenvalue weighted by Crippen LogP contribution is -2.16. The summed E-state index contributed by atoms with van der Waals surface area (Å²) >= 11 is 3.57. The molecule has 1 fully saturated rings. The van der Waals surface area contributed by atoms with E-state index in [1.54, 1.807) is 0 Å². The van der Waals surface area contributed by atoms with Crippen LogP contribution in [-0.2, 0) is 20.1 Å². The molecule has 1 aliphatic rings. The fourth-order valence-electron chi connectivity index (χ4n) is 2.23. The molecule has 2 heterocycles. The van der Waals surface area contributed by atoms with Crippen molar-refractivity contribution in [3.8, 4) is 0 Å². The lowest BCUT2D eigenvalue weighted by Gasteiger charge is -2.02. The minimum atomic E-state index is 0.674. The van der Waals surface area contributed by atoms with E-state index < -0.39 is 0 Å². The summed E-state index contributed by atoms with van der Waals surface area (Å²) in [5.41, 5.74) is 3.08. The first-order valence-corrected chi connectivity index (χ1v) is 7.70. The largest absolute Gasteiger partial charge is 0.311 e. The SMILES string of the molecule is Cc1nn(C)c(Cn2cc(CNCC3CC3)nn2)c1Br. The van der Waals surface area contributed by atoms with Crippen LogP contribution in [-0.4, -0.2) is 31.3 Å². The van der Waals surface area contributed by atoms with Gasteiger partial charge in [-0.15, -0.1) is 5.10 Å². The Hall–Kier alpha value is -1.21. The fourth-order valence-corrected chi connectivity index (χ4v) is 2.69. The Labute approximate surface area is 126 Å². The van der Waals surface area contributed by atoms with Crippen LogP contribution in [0.1, 0.15) is 29.9 Å². The summed E-state index contributed by atoms with van der Waals surface area (Å²) in [5.74, 6) is 0.887. The predicted octanol–water partition coefficient (Wildman–Crippen LogP) is 1.63. The van der Waals surface area contributed by atoms with E-state index in [2.05, 4.69) is 36.7 Å². The molecule has 1 aliphatic carbocycles. The fraction of sp³-hybridized carbons (Fsp3) is 0.615. The molecule has 20 heavy (non-hydrogen) atoms. The molecule has 1 saturated carbocycles. The summed E-state index contributed by atoms with van der Waals surface area (Å²) < 4.78 is 4.78. The van der Waals surface area contributed by atoms with Crippen LogP contribution in [0, 0.1) is 12.8 Å². The Morgan fingerprint density at radius 3 is 2.90 bits per heavy atom. The lowest BCUT2D eigenvalue weighted by atomic mass is 10.3. The van der Waals surface area contributed by atoms with Gasteiger partial charge in [-0.25, -0.2) is 4.68 Å². The Morgan fingerprint density at radius 1 is 1.45 bits per heavy atom. The van der Waals surface area contributed by atoms with Crippen LogP contribution in [0.15, 0.2) is 10.7 Å². The van der Waals surface area contributed by atoms with Crippen molar-refractivity contribution in [2.75, 3.05) is 6.54 Å². The summed E-state index contributed by atoms with van der Waals surface area (Å²) in [6.45, 7) is 4.55. The van der Waals surface area contributed by atoms with Crippen LogP contribution < -0.4 is 5.32 Å². The van der Waals surface area contributed by atoms with Crippen molar-refractivity contribution >= 4 is 15.9 Å². The summed E-state index contributed by atoms with van der Waals surface area (Å²) in [6.07, 6.45) is 4.73. The third kappa shape index (κ3) is 3.09. The molecule has 0 aliphatic heterocycles. The minimum absolute atomic E-state index is 0.674. The summed E-state index contributed by atoms with van der Waals surface area (Å²) in [6, 6.07) is 0. The van der Waals surface area contributed by atoms with Gasteiger partial charge >= 0.3 is 0 Å². The van der Waals surface area contributed by atoms with E-state index in [0.29, 0.717) is 6.54 Å². The first-order valence-electron chi connectivity index (χ1n) is 6.91. The number of aromatic nitrogens is 5. The van der Waals surface area contributed by atoms with Gasteiger partial charge in [-0.05, 0) is 48.2 Å². The van der Waals surface area contributed by atoms with E-state index >= 15 is 0 Å². The minimum Gasteiger partial charge on any atom is -0.311 e. The maximum absolute atomic E-state index is 4.39. The lowest BCUT2D eigenvalue weighted by molar-refractivity contribution is 0.597. The second-order valence-electron chi connectivity index (χ2n) is 5.45. The third-order valence-corrected chi connectivity index (χ3v) is 4.63. The van der Waals surface area contributed by atoms with Crippen molar-refractivity contribution in [2.24, 2.45) is 13.0 Å². The molecule has 0 spiro atoms. The van der Waals surface area contributed by atoms with Crippen LogP contribution in [0.4, 0.5) is 0 Å². The maximum Gasteiger partial charge on any atom is 0.0964 e. The highest BCUT2D eigenvalue weighted by Crippen LogP contribution is 2.27. The van der Waals surface area contributed by atoms with Crippen molar-refractivity contribution in [3.05, 3.63) is 27.8 Å². The maximum atomic E-state index is 4.39. The average Bonchev–Trinajstić information content (AvgIpc) is 3.08. The van der Waals surface area contributed by atoms with Crippen LogP contribution in [0.2, 0.25) is 0 Å². The van der Waals surface area contributed by atoms with Gasteiger partial charge in [0.25, 0.3) is 0 Å². The average molecular weight is 339 g/mol. The van der Waals surface area contributed by atoms with E-state index in [1.807, 2.05) is 29.5 Å². The molecule has 7 heteroatoms. The van der Waals surface area contributed by atoms with Crippen LogP contribution in [0.5, 0.6) is 0 Å². The molecule has 0 bridgehead atoms. The summed E-state index contributed by atoms with van der Waals surface area (Å²) in [5, 5.41) is 16.2.